The average Bonchev–Trinajstić information content (AvgIpc) is 3.18. The van der Waals surface area contributed by atoms with E-state index in [4.69, 9.17) is 30.2 Å². The smallest absolute Gasteiger partial charge is 0.169 e. The molecular weight excluding hydrogens is 727 g/mol. The van der Waals surface area contributed by atoms with Crippen molar-refractivity contribution in [1.29, 1.82) is 0 Å². The van der Waals surface area contributed by atoms with E-state index in [9.17, 15) is 9.90 Å². The van der Waals surface area contributed by atoms with Crippen LogP contribution in [-0.2, 0) is 29.1 Å². The lowest BCUT2D eigenvalue weighted by atomic mass is 9.73. The first-order valence-corrected chi connectivity index (χ1v) is 19.5. The minimum Gasteiger partial charge on any atom is -0.392 e. The Kier molecular flexibility index (Phi) is 16.4. The van der Waals surface area contributed by atoms with Crippen LogP contribution in [-0.4, -0.2) is 78.9 Å². The number of rotatable bonds is 18. The van der Waals surface area contributed by atoms with E-state index in [1.165, 1.54) is 0 Å². The van der Waals surface area contributed by atoms with Crippen molar-refractivity contribution in [2.75, 3.05) is 14.1 Å². The largest absolute Gasteiger partial charge is 0.392 e. The van der Waals surface area contributed by atoms with Gasteiger partial charge in [0.1, 0.15) is 0 Å². The van der Waals surface area contributed by atoms with E-state index in [2.05, 4.69) is 20.6 Å². The standard InChI is InChI=1S/C43H55N7O3S2/c1-28(2)37(47-42(54)49(5)26-32-21-13-15-23-45-32)40(52)34(25-30-17-9-7-10-18-30)39(51)35(36(44)31-19-11-8-12-20-31)41(53)38(29(3)4)48-43(55)50(6)27-33-22-14-16-24-46-33/h7-24,28-29,34-39,51H,25-27,44H2,1-6H3,(H,47,54)(H,48,55)/t34-,35-,36?,37-,38-,39+/m0/s1. The van der Waals surface area contributed by atoms with E-state index < -0.39 is 36.1 Å². The highest BCUT2D eigenvalue weighted by Crippen LogP contribution is 2.32. The number of pyridine rings is 2. The van der Waals surface area contributed by atoms with Gasteiger partial charge in [-0.15, -0.1) is 0 Å². The Morgan fingerprint density at radius 3 is 1.56 bits per heavy atom. The summed E-state index contributed by atoms with van der Waals surface area (Å²) in [5, 5.41) is 20.0. The number of hydrogen-bond acceptors (Lipinski definition) is 8. The molecule has 6 atom stereocenters. The van der Waals surface area contributed by atoms with Gasteiger partial charge in [-0.2, -0.15) is 0 Å². The van der Waals surface area contributed by atoms with Crippen molar-refractivity contribution in [3.63, 3.8) is 0 Å². The highest BCUT2D eigenvalue weighted by molar-refractivity contribution is 7.80. The minimum absolute atomic E-state index is 0.179. The molecule has 0 saturated carbocycles. The maximum Gasteiger partial charge on any atom is 0.169 e. The molecular formula is C43H55N7O3S2. The fourth-order valence-electron chi connectivity index (χ4n) is 6.62. The molecule has 0 saturated heterocycles. The van der Waals surface area contributed by atoms with Crippen molar-refractivity contribution < 1.29 is 14.7 Å². The summed E-state index contributed by atoms with van der Waals surface area (Å²) in [5.74, 6) is -3.27. The number of aliphatic hydroxyl groups excluding tert-OH is 1. The molecule has 55 heavy (non-hydrogen) atoms. The lowest BCUT2D eigenvalue weighted by Crippen LogP contribution is -2.57. The van der Waals surface area contributed by atoms with Crippen LogP contribution in [0.1, 0.15) is 56.3 Å². The Morgan fingerprint density at radius 2 is 1.13 bits per heavy atom. The average molecular weight is 782 g/mol. The summed E-state index contributed by atoms with van der Waals surface area (Å²) in [6, 6.07) is 27.5. The lowest BCUT2D eigenvalue weighted by Gasteiger charge is -2.38. The first-order valence-electron chi connectivity index (χ1n) is 18.7. The lowest BCUT2D eigenvalue weighted by molar-refractivity contribution is -0.137. The summed E-state index contributed by atoms with van der Waals surface area (Å²) in [4.78, 5) is 42.4. The first kappa shape index (κ1) is 43.1. The first-order chi connectivity index (χ1) is 26.3. The number of nitrogens with one attached hydrogen (secondary N) is 2. The monoisotopic (exact) mass is 781 g/mol. The van der Waals surface area contributed by atoms with Gasteiger partial charge in [-0.3, -0.25) is 19.6 Å². The molecule has 5 N–H and O–H groups in total. The molecule has 0 bridgehead atoms. The summed E-state index contributed by atoms with van der Waals surface area (Å²) in [6.07, 6.45) is 2.15. The van der Waals surface area contributed by atoms with Crippen molar-refractivity contribution >= 4 is 46.2 Å². The van der Waals surface area contributed by atoms with Crippen LogP contribution in [0, 0.1) is 23.7 Å². The summed E-state index contributed by atoms with van der Waals surface area (Å²) in [7, 11) is 3.67. The van der Waals surface area contributed by atoms with Crippen LogP contribution < -0.4 is 16.4 Å². The molecule has 10 nitrogen and oxygen atoms in total. The van der Waals surface area contributed by atoms with Gasteiger partial charge in [0.05, 0.1) is 54.5 Å². The Hall–Kier alpha value is -4.62. The third kappa shape index (κ3) is 12.2. The molecule has 0 fully saturated rings. The third-order valence-electron chi connectivity index (χ3n) is 9.79. The van der Waals surface area contributed by atoms with E-state index in [0.29, 0.717) is 28.9 Å². The number of hydrogen-bond donors (Lipinski definition) is 4. The molecule has 4 aromatic rings. The molecule has 4 rings (SSSR count). The van der Waals surface area contributed by atoms with Gasteiger partial charge in [-0.1, -0.05) is 100 Å². The molecule has 0 radical (unpaired) electrons. The molecule has 2 aromatic heterocycles. The molecule has 0 amide bonds. The molecule has 2 aromatic carbocycles. The number of thiocarbonyl (C=S) groups is 2. The van der Waals surface area contributed by atoms with Gasteiger partial charge in [0.15, 0.2) is 21.8 Å². The van der Waals surface area contributed by atoms with Crippen LogP contribution in [0.4, 0.5) is 0 Å². The van der Waals surface area contributed by atoms with Crippen molar-refractivity contribution in [1.82, 2.24) is 30.4 Å². The SMILES string of the molecule is CC(C)[C@H](NC(=S)N(C)Cc1ccccn1)C(=O)[C@@H](Cc1ccccc1)[C@@H](O)[C@@H](C(=O)[C@@H](NC(=S)N(C)Cc1ccccn1)C(C)C)C(N)c1ccccc1. The Labute approximate surface area is 336 Å². The van der Waals surface area contributed by atoms with Gasteiger partial charge < -0.3 is 31.3 Å². The fraction of sp³-hybridized carbons (Fsp3) is 0.395. The topological polar surface area (TPSA) is 137 Å². The van der Waals surface area contributed by atoms with E-state index in [1.54, 1.807) is 12.4 Å². The summed E-state index contributed by atoms with van der Waals surface area (Å²) < 4.78 is 0. The van der Waals surface area contributed by atoms with Gasteiger partial charge in [-0.05, 0) is 78.1 Å². The summed E-state index contributed by atoms with van der Waals surface area (Å²) >= 11 is 11.6. The number of ketones is 2. The van der Waals surface area contributed by atoms with Crippen molar-refractivity contribution in [2.24, 2.45) is 29.4 Å². The minimum atomic E-state index is -1.47. The number of benzene rings is 2. The van der Waals surface area contributed by atoms with Crippen LogP contribution in [0.3, 0.4) is 0 Å². The predicted octanol–water partition coefficient (Wildman–Crippen LogP) is 5.51. The van der Waals surface area contributed by atoms with E-state index in [0.717, 1.165) is 17.0 Å². The highest BCUT2D eigenvalue weighted by Gasteiger charge is 2.45. The molecule has 0 aliphatic rings. The number of nitrogens with zero attached hydrogens (tertiary/aromatic N) is 4. The van der Waals surface area contributed by atoms with E-state index >= 15 is 4.79 Å². The van der Waals surface area contributed by atoms with Crippen LogP contribution >= 0.6 is 24.4 Å². The zero-order valence-electron chi connectivity index (χ0n) is 32.6. The molecule has 2 heterocycles. The Balaban J connectivity index is 1.70. The quantitative estimate of drug-likeness (QED) is 0.0948. The summed E-state index contributed by atoms with van der Waals surface area (Å²) in [6.45, 7) is 8.57. The Bertz CT molecular complexity index is 1820. The maximum atomic E-state index is 15.0. The molecule has 292 valence electrons. The van der Waals surface area contributed by atoms with Crippen molar-refractivity contribution in [3.05, 3.63) is 132 Å². The fourth-order valence-corrected chi connectivity index (χ4v) is 7.00. The molecule has 1 unspecified atom stereocenters. The number of carbonyl (C=O) groups excluding carboxylic acids is 2. The number of aliphatic hydroxyl groups is 1. The number of Topliss-reactive ketones (excluding diaryl/α,β-unsaturated/α-hetero) is 2. The molecule has 12 heteroatoms. The predicted molar refractivity (Wildman–Crippen MR) is 227 cm³/mol. The summed E-state index contributed by atoms with van der Waals surface area (Å²) in [5.41, 5.74) is 10.2. The highest BCUT2D eigenvalue weighted by atomic mass is 32.1. The zero-order valence-corrected chi connectivity index (χ0v) is 34.2. The number of carbonyl (C=O) groups is 2. The second-order valence-corrected chi connectivity index (χ2v) is 15.5. The van der Waals surface area contributed by atoms with E-state index in [1.807, 2.05) is 149 Å². The van der Waals surface area contributed by atoms with Crippen LogP contribution in [0.5, 0.6) is 0 Å². The molecule has 0 aliphatic heterocycles. The Morgan fingerprint density at radius 1 is 0.691 bits per heavy atom. The van der Waals surface area contributed by atoms with Gasteiger partial charge >= 0.3 is 0 Å². The van der Waals surface area contributed by atoms with Crippen LogP contribution in [0.2, 0.25) is 0 Å². The van der Waals surface area contributed by atoms with Crippen LogP contribution in [0.15, 0.2) is 109 Å². The second kappa shape index (κ2) is 20.9. The van der Waals surface area contributed by atoms with Gasteiger partial charge in [0.25, 0.3) is 0 Å². The van der Waals surface area contributed by atoms with Crippen LogP contribution in [0.25, 0.3) is 0 Å². The van der Waals surface area contributed by atoms with Crippen molar-refractivity contribution in [3.8, 4) is 0 Å². The third-order valence-corrected chi connectivity index (χ3v) is 10.7. The number of aromatic nitrogens is 2. The normalized spacial score (nSPS) is 14.6. The molecule has 0 spiro atoms. The van der Waals surface area contributed by atoms with E-state index in [-0.39, 0.29) is 29.8 Å². The maximum absolute atomic E-state index is 15.0. The second-order valence-electron chi connectivity index (χ2n) is 14.8. The number of nitrogens with two attached hydrogens (primary N) is 1. The zero-order chi connectivity index (χ0) is 40.1. The van der Waals surface area contributed by atoms with Gasteiger partial charge in [-0.25, -0.2) is 0 Å². The van der Waals surface area contributed by atoms with Gasteiger partial charge in [0, 0.05) is 32.5 Å². The molecule has 0 aliphatic carbocycles. The van der Waals surface area contributed by atoms with Gasteiger partial charge in [0.2, 0.25) is 0 Å². The van der Waals surface area contributed by atoms with Crippen molar-refractivity contribution in [2.45, 2.75) is 71.4 Å².